The normalized spacial score (nSPS) is 18.6. The number of nitrogens with zero attached hydrogens (tertiary/aromatic N) is 1. The largest absolute Gasteiger partial charge is 0.508 e. The van der Waals surface area contributed by atoms with E-state index in [1.807, 2.05) is 6.92 Å². The van der Waals surface area contributed by atoms with Crippen LogP contribution in [0.15, 0.2) is 35.9 Å². The van der Waals surface area contributed by atoms with Crippen LogP contribution in [0.25, 0.3) is 0 Å². The smallest absolute Gasteiger partial charge is 0.382 e. The van der Waals surface area contributed by atoms with Crippen molar-refractivity contribution in [3.8, 4) is 11.5 Å². The summed E-state index contributed by atoms with van der Waals surface area (Å²) in [4.78, 5) is 26.4. The number of phenols is 2. The molecule has 0 spiro atoms. The van der Waals surface area contributed by atoms with Crippen LogP contribution < -0.4 is 0 Å². The molecule has 32 heavy (non-hydrogen) atoms. The van der Waals surface area contributed by atoms with E-state index in [9.17, 15) is 25.1 Å². The van der Waals surface area contributed by atoms with Crippen LogP contribution in [0.2, 0.25) is 0 Å². The number of aromatic hydroxyl groups is 2. The Kier molecular flexibility index (Phi) is 8.18. The van der Waals surface area contributed by atoms with Gasteiger partial charge in [0.05, 0.1) is 13.2 Å². The van der Waals surface area contributed by atoms with Crippen LogP contribution in [0.4, 0.5) is 8.78 Å². The molecule has 2 N–H and O–H groups in total. The van der Waals surface area contributed by atoms with Gasteiger partial charge in [-0.3, -0.25) is 0 Å². The molecule has 0 aromatic heterocycles. The van der Waals surface area contributed by atoms with Crippen molar-refractivity contribution in [1.29, 1.82) is 0 Å². The van der Waals surface area contributed by atoms with Crippen molar-refractivity contribution in [2.24, 2.45) is 5.92 Å². The number of carbonyl (C=O) groups is 1. The Bertz CT molecular complexity index is 914. The van der Waals surface area contributed by atoms with Crippen LogP contribution in [0.3, 0.4) is 0 Å². The second kappa shape index (κ2) is 10.4. The monoisotopic (exact) mass is 455 g/mol. The number of alkyl halides is 2. The van der Waals surface area contributed by atoms with Crippen molar-refractivity contribution in [3.63, 3.8) is 0 Å². The third kappa shape index (κ3) is 5.95. The molecule has 0 fully saturated rings. The summed E-state index contributed by atoms with van der Waals surface area (Å²) in [7, 11) is 0. The average molecular weight is 455 g/mol. The number of rotatable bonds is 10. The number of unbranched alkanes of at least 4 members (excludes halogenated alkanes) is 1. The zero-order valence-corrected chi connectivity index (χ0v) is 18.0. The molecule has 0 heterocycles. The van der Waals surface area contributed by atoms with E-state index in [0.29, 0.717) is 6.42 Å². The molecular weight excluding hydrogens is 428 g/mol. The summed E-state index contributed by atoms with van der Waals surface area (Å²) in [6, 6.07) is 1.72. The van der Waals surface area contributed by atoms with Crippen LogP contribution in [-0.2, 0) is 20.3 Å². The van der Waals surface area contributed by atoms with Crippen molar-refractivity contribution in [2.45, 2.75) is 51.4 Å². The molecule has 1 aromatic rings. The first kappa shape index (κ1) is 25.1. The minimum Gasteiger partial charge on any atom is -0.508 e. The highest BCUT2D eigenvalue weighted by molar-refractivity contribution is 5.81. The van der Waals surface area contributed by atoms with Gasteiger partial charge in [-0.05, 0) is 51.5 Å². The number of ether oxygens (including phenoxy) is 1. The number of phenolic OH excluding ortho intramolecular Hbond substituents is 2. The van der Waals surface area contributed by atoms with Gasteiger partial charge in [0.25, 0.3) is 5.09 Å². The van der Waals surface area contributed by atoms with Gasteiger partial charge in [0, 0.05) is 23.1 Å². The van der Waals surface area contributed by atoms with E-state index >= 15 is 8.78 Å². The molecular formula is C22H27F2NO7. The van der Waals surface area contributed by atoms with Gasteiger partial charge in [0.1, 0.15) is 11.5 Å². The Morgan fingerprint density at radius 1 is 1.31 bits per heavy atom. The first-order chi connectivity index (χ1) is 14.9. The molecule has 1 aromatic carbocycles. The van der Waals surface area contributed by atoms with Crippen molar-refractivity contribution in [3.05, 3.63) is 57.2 Å². The molecule has 1 aliphatic carbocycles. The fourth-order valence-corrected chi connectivity index (χ4v) is 3.85. The summed E-state index contributed by atoms with van der Waals surface area (Å²) in [6.07, 6.45) is 3.38. The van der Waals surface area contributed by atoms with Gasteiger partial charge in [-0.2, -0.15) is 8.78 Å². The predicted octanol–water partition coefficient (Wildman–Crippen LogP) is 4.74. The molecule has 1 aliphatic rings. The second-order valence-electron chi connectivity index (χ2n) is 7.93. The fraction of sp³-hybridized carbons (Fsp3) is 0.500. The lowest BCUT2D eigenvalue weighted by Crippen LogP contribution is -2.31. The summed E-state index contributed by atoms with van der Waals surface area (Å²) in [5.74, 6) is -8.05. The standard InChI is InChI=1S/C22H27F2NO7/c1-13(2)16-7-6-14(3)10-17(16)20-18(11-15(26)12-19(20)27)22(23,24)21(28)31-8-4-5-9-32-25(29)30/h10-12,16-17,26-27H,1,4-9H2,2-3H3/t16-,17+/m1/s1. The zero-order chi connectivity index (χ0) is 24.1. The van der Waals surface area contributed by atoms with E-state index in [4.69, 9.17) is 0 Å². The lowest BCUT2D eigenvalue weighted by atomic mass is 9.72. The lowest BCUT2D eigenvalue weighted by molar-refractivity contribution is -0.757. The number of hydrogen-bond donors (Lipinski definition) is 2. The quantitative estimate of drug-likeness (QED) is 0.172. The zero-order valence-electron chi connectivity index (χ0n) is 18.0. The number of hydrogen-bond acceptors (Lipinski definition) is 7. The maximum Gasteiger partial charge on any atom is 0.382 e. The van der Waals surface area contributed by atoms with Crippen LogP contribution in [0.5, 0.6) is 11.5 Å². The number of esters is 1. The highest BCUT2D eigenvalue weighted by Gasteiger charge is 2.47. The molecule has 0 aliphatic heterocycles. The Labute approximate surface area is 184 Å². The van der Waals surface area contributed by atoms with E-state index in [1.165, 1.54) is 0 Å². The molecule has 176 valence electrons. The van der Waals surface area contributed by atoms with Crippen molar-refractivity contribution in [1.82, 2.24) is 0 Å². The summed E-state index contributed by atoms with van der Waals surface area (Å²) in [5.41, 5.74) is 0.712. The Morgan fingerprint density at radius 2 is 1.97 bits per heavy atom. The van der Waals surface area contributed by atoms with E-state index in [-0.39, 0.29) is 30.9 Å². The maximum absolute atomic E-state index is 15.2. The minimum atomic E-state index is -4.15. The van der Waals surface area contributed by atoms with Crippen LogP contribution in [-0.4, -0.2) is 34.5 Å². The molecule has 10 heteroatoms. The second-order valence-corrected chi connectivity index (χ2v) is 7.93. The van der Waals surface area contributed by atoms with Gasteiger partial charge in [0.2, 0.25) is 0 Å². The van der Waals surface area contributed by atoms with Gasteiger partial charge in [-0.1, -0.05) is 23.8 Å². The van der Waals surface area contributed by atoms with Crippen LogP contribution in [0.1, 0.15) is 56.6 Å². The first-order valence-corrected chi connectivity index (χ1v) is 10.2. The molecule has 0 saturated heterocycles. The van der Waals surface area contributed by atoms with E-state index < -0.39 is 46.6 Å². The fourth-order valence-electron chi connectivity index (χ4n) is 3.85. The van der Waals surface area contributed by atoms with Gasteiger partial charge in [-0.15, -0.1) is 10.1 Å². The number of halogens is 2. The third-order valence-corrected chi connectivity index (χ3v) is 5.42. The summed E-state index contributed by atoms with van der Waals surface area (Å²) >= 11 is 0. The Hall–Kier alpha value is -3.17. The van der Waals surface area contributed by atoms with E-state index in [2.05, 4.69) is 16.2 Å². The number of benzene rings is 1. The molecule has 2 atom stereocenters. The van der Waals surface area contributed by atoms with E-state index in [0.717, 1.165) is 29.7 Å². The predicted molar refractivity (Wildman–Crippen MR) is 111 cm³/mol. The first-order valence-electron chi connectivity index (χ1n) is 10.2. The van der Waals surface area contributed by atoms with Gasteiger partial charge in [-0.25, -0.2) is 4.79 Å². The van der Waals surface area contributed by atoms with Crippen LogP contribution in [0, 0.1) is 16.0 Å². The minimum absolute atomic E-state index is 0.0795. The summed E-state index contributed by atoms with van der Waals surface area (Å²) in [5, 5.41) is 29.5. The van der Waals surface area contributed by atoms with Crippen molar-refractivity contribution in [2.75, 3.05) is 13.2 Å². The topological polar surface area (TPSA) is 119 Å². The SMILES string of the molecule is C=C(C)[C@H]1CCC(C)=C[C@@H]1c1c(O)cc(O)cc1C(F)(F)C(=O)OCCCCO[N+](=O)[O-]. The summed E-state index contributed by atoms with van der Waals surface area (Å²) in [6.45, 7) is 6.92. The highest BCUT2D eigenvalue weighted by Crippen LogP contribution is 2.48. The van der Waals surface area contributed by atoms with Gasteiger partial charge >= 0.3 is 11.9 Å². The molecule has 0 radical (unpaired) electrons. The van der Waals surface area contributed by atoms with Crippen LogP contribution >= 0.6 is 0 Å². The Balaban J connectivity index is 2.31. The molecule has 0 unspecified atom stereocenters. The molecule has 0 bridgehead atoms. The number of allylic oxidation sites excluding steroid dienone is 3. The molecule has 0 amide bonds. The molecule has 0 saturated carbocycles. The molecule has 2 rings (SSSR count). The highest BCUT2D eigenvalue weighted by atomic mass is 19.3. The lowest BCUT2D eigenvalue weighted by Gasteiger charge is -2.33. The molecule has 8 nitrogen and oxygen atoms in total. The van der Waals surface area contributed by atoms with E-state index in [1.54, 1.807) is 13.0 Å². The van der Waals surface area contributed by atoms with Crippen molar-refractivity contribution < 1.29 is 38.4 Å². The average Bonchev–Trinajstić information content (AvgIpc) is 2.69. The Morgan fingerprint density at radius 3 is 2.59 bits per heavy atom. The van der Waals surface area contributed by atoms with Gasteiger partial charge in [0.15, 0.2) is 0 Å². The van der Waals surface area contributed by atoms with Crippen molar-refractivity contribution >= 4 is 5.97 Å². The number of carbonyl (C=O) groups excluding carboxylic acids is 1. The maximum atomic E-state index is 15.2. The third-order valence-electron chi connectivity index (χ3n) is 5.42. The van der Waals surface area contributed by atoms with Gasteiger partial charge < -0.3 is 19.8 Å². The summed E-state index contributed by atoms with van der Waals surface area (Å²) < 4.78 is 35.0.